The van der Waals surface area contributed by atoms with Crippen molar-refractivity contribution in [3.63, 3.8) is 0 Å². The Balaban J connectivity index is 2.04. The van der Waals surface area contributed by atoms with E-state index < -0.39 is 0 Å². The largest absolute Gasteiger partial charge is 0.486 e. The van der Waals surface area contributed by atoms with Gasteiger partial charge in [0.15, 0.2) is 0 Å². The van der Waals surface area contributed by atoms with Crippen LogP contribution in [0.1, 0.15) is 6.42 Å². The van der Waals surface area contributed by atoms with Gasteiger partial charge in [-0.15, -0.1) is 0 Å². The maximum atomic E-state index is 6.04. The van der Waals surface area contributed by atoms with Crippen molar-refractivity contribution < 1.29 is 9.47 Å². The van der Waals surface area contributed by atoms with Crippen molar-refractivity contribution in [3.8, 4) is 5.75 Å². The normalized spacial score (nSPS) is 27.6. The van der Waals surface area contributed by atoms with Gasteiger partial charge in [-0.25, -0.2) is 0 Å². The number of hydrogen-bond donors (Lipinski definition) is 1. The summed E-state index contributed by atoms with van der Waals surface area (Å²) in [5, 5.41) is 4.36. The molecule has 0 amide bonds. The van der Waals surface area contributed by atoms with Crippen molar-refractivity contribution >= 4 is 23.2 Å². The zero-order valence-corrected chi connectivity index (χ0v) is 11.3. The summed E-state index contributed by atoms with van der Waals surface area (Å²) in [5.74, 6) is 0.612. The van der Waals surface area contributed by atoms with Gasteiger partial charge in [0, 0.05) is 30.7 Å². The standard InChI is InChI=1S/C12H15Cl2NO2/c1-15-9-6-11(12(9)16-2)17-10-5-7(13)3-4-8(10)14/h3-5,9,11-12,15H,6H2,1-2H3. The molecule has 0 saturated heterocycles. The summed E-state index contributed by atoms with van der Waals surface area (Å²) in [6, 6.07) is 5.53. The number of benzene rings is 1. The molecule has 1 N–H and O–H groups in total. The molecule has 0 aliphatic heterocycles. The first kappa shape index (κ1) is 13.0. The third-order valence-electron chi connectivity index (χ3n) is 3.06. The summed E-state index contributed by atoms with van der Waals surface area (Å²) in [7, 11) is 3.60. The zero-order valence-electron chi connectivity index (χ0n) is 9.74. The topological polar surface area (TPSA) is 30.5 Å². The molecule has 0 spiro atoms. The lowest BCUT2D eigenvalue weighted by atomic mass is 9.85. The Kier molecular flexibility index (Phi) is 4.15. The van der Waals surface area contributed by atoms with E-state index in [4.69, 9.17) is 32.7 Å². The summed E-state index contributed by atoms with van der Waals surface area (Å²) in [4.78, 5) is 0. The molecule has 3 atom stereocenters. The van der Waals surface area contributed by atoms with Crippen molar-refractivity contribution in [2.24, 2.45) is 0 Å². The van der Waals surface area contributed by atoms with Crippen LogP contribution in [0, 0.1) is 0 Å². The third-order valence-corrected chi connectivity index (χ3v) is 3.61. The minimum atomic E-state index is 0.0217. The van der Waals surface area contributed by atoms with Crippen LogP contribution < -0.4 is 10.1 Å². The van der Waals surface area contributed by atoms with Crippen LogP contribution in [-0.4, -0.2) is 32.4 Å². The molecular formula is C12H15Cl2NO2. The van der Waals surface area contributed by atoms with Crippen LogP contribution in [0.15, 0.2) is 18.2 Å². The van der Waals surface area contributed by atoms with Gasteiger partial charge >= 0.3 is 0 Å². The molecule has 0 heterocycles. The van der Waals surface area contributed by atoms with E-state index in [1.54, 1.807) is 25.3 Å². The summed E-state index contributed by atoms with van der Waals surface area (Å²) in [6.45, 7) is 0. The van der Waals surface area contributed by atoms with Crippen molar-refractivity contribution in [2.75, 3.05) is 14.2 Å². The lowest BCUT2D eigenvalue weighted by Gasteiger charge is -2.43. The lowest BCUT2D eigenvalue weighted by Crippen LogP contribution is -2.60. The molecule has 0 aromatic heterocycles. The summed E-state index contributed by atoms with van der Waals surface area (Å²) < 4.78 is 11.2. The van der Waals surface area contributed by atoms with Crippen LogP contribution in [0.25, 0.3) is 0 Å². The van der Waals surface area contributed by atoms with Gasteiger partial charge in [-0.05, 0) is 19.2 Å². The molecule has 3 unspecified atom stereocenters. The predicted molar refractivity (Wildman–Crippen MR) is 69.1 cm³/mol. The first-order valence-electron chi connectivity index (χ1n) is 5.47. The van der Waals surface area contributed by atoms with E-state index in [1.165, 1.54) is 0 Å². The highest BCUT2D eigenvalue weighted by molar-refractivity contribution is 6.34. The second-order valence-electron chi connectivity index (χ2n) is 4.06. The Morgan fingerprint density at radius 3 is 2.76 bits per heavy atom. The number of likely N-dealkylation sites (N-methyl/N-ethyl adjacent to an activating group) is 1. The van der Waals surface area contributed by atoms with E-state index >= 15 is 0 Å². The van der Waals surface area contributed by atoms with Gasteiger partial charge in [-0.3, -0.25) is 0 Å². The highest BCUT2D eigenvalue weighted by Crippen LogP contribution is 2.33. The van der Waals surface area contributed by atoms with Crippen LogP contribution in [0.3, 0.4) is 0 Å². The first-order chi connectivity index (χ1) is 8.15. The summed E-state index contributed by atoms with van der Waals surface area (Å²) in [5.41, 5.74) is 0. The molecule has 3 nitrogen and oxygen atoms in total. The molecule has 5 heteroatoms. The van der Waals surface area contributed by atoms with E-state index in [2.05, 4.69) is 5.32 Å². The van der Waals surface area contributed by atoms with Gasteiger partial charge < -0.3 is 14.8 Å². The van der Waals surface area contributed by atoms with Gasteiger partial charge in [-0.1, -0.05) is 23.2 Å². The van der Waals surface area contributed by atoms with Gasteiger partial charge in [0.25, 0.3) is 0 Å². The minimum absolute atomic E-state index is 0.0217. The zero-order chi connectivity index (χ0) is 12.4. The monoisotopic (exact) mass is 275 g/mol. The van der Waals surface area contributed by atoms with Crippen molar-refractivity contribution in [3.05, 3.63) is 28.2 Å². The Labute approximate surface area is 111 Å². The first-order valence-corrected chi connectivity index (χ1v) is 6.23. The molecule has 1 saturated carbocycles. The molecule has 1 aromatic carbocycles. The van der Waals surface area contributed by atoms with Gasteiger partial charge in [0.05, 0.1) is 5.02 Å². The smallest absolute Gasteiger partial charge is 0.139 e. The van der Waals surface area contributed by atoms with Crippen molar-refractivity contribution in [1.29, 1.82) is 0 Å². The molecule has 2 rings (SSSR count). The number of nitrogens with one attached hydrogen (secondary N) is 1. The van der Waals surface area contributed by atoms with Crippen molar-refractivity contribution in [1.82, 2.24) is 5.32 Å². The van der Waals surface area contributed by atoms with E-state index in [9.17, 15) is 0 Å². The number of rotatable bonds is 4. The molecule has 94 valence electrons. The van der Waals surface area contributed by atoms with Crippen LogP contribution in [0.5, 0.6) is 5.75 Å². The molecule has 1 aliphatic rings. The van der Waals surface area contributed by atoms with Gasteiger partial charge in [-0.2, -0.15) is 0 Å². The fourth-order valence-corrected chi connectivity index (χ4v) is 2.35. The van der Waals surface area contributed by atoms with E-state index in [-0.39, 0.29) is 12.2 Å². The van der Waals surface area contributed by atoms with E-state index in [1.807, 2.05) is 7.05 Å². The number of hydrogen-bond acceptors (Lipinski definition) is 3. The Morgan fingerprint density at radius 1 is 1.35 bits per heavy atom. The molecular weight excluding hydrogens is 261 g/mol. The highest BCUT2D eigenvalue weighted by Gasteiger charge is 2.42. The van der Waals surface area contributed by atoms with Gasteiger partial charge in [0.2, 0.25) is 0 Å². The average molecular weight is 276 g/mol. The third kappa shape index (κ3) is 2.68. The maximum Gasteiger partial charge on any atom is 0.139 e. The van der Waals surface area contributed by atoms with Crippen LogP contribution in [0.4, 0.5) is 0 Å². The Hall–Kier alpha value is -0.480. The fraction of sp³-hybridized carbons (Fsp3) is 0.500. The number of ether oxygens (including phenoxy) is 2. The molecule has 1 aliphatic carbocycles. The molecule has 17 heavy (non-hydrogen) atoms. The van der Waals surface area contributed by atoms with Crippen LogP contribution >= 0.6 is 23.2 Å². The number of methoxy groups -OCH3 is 1. The van der Waals surface area contributed by atoms with Gasteiger partial charge in [0.1, 0.15) is 18.0 Å². The quantitative estimate of drug-likeness (QED) is 0.917. The highest BCUT2D eigenvalue weighted by atomic mass is 35.5. The minimum Gasteiger partial charge on any atom is -0.486 e. The second-order valence-corrected chi connectivity index (χ2v) is 4.91. The summed E-state index contributed by atoms with van der Waals surface area (Å²) >= 11 is 11.9. The van der Waals surface area contributed by atoms with E-state index in [0.717, 1.165) is 6.42 Å². The summed E-state index contributed by atoms with van der Waals surface area (Å²) in [6.07, 6.45) is 0.973. The predicted octanol–water partition coefficient (Wildman–Crippen LogP) is 2.75. The lowest BCUT2D eigenvalue weighted by molar-refractivity contribution is -0.0869. The fourth-order valence-electron chi connectivity index (χ4n) is 2.03. The molecule has 1 aromatic rings. The van der Waals surface area contributed by atoms with Crippen LogP contribution in [0.2, 0.25) is 10.0 Å². The molecule has 1 fully saturated rings. The van der Waals surface area contributed by atoms with E-state index in [0.29, 0.717) is 21.8 Å². The average Bonchev–Trinajstić information content (AvgIpc) is 2.28. The van der Waals surface area contributed by atoms with Crippen LogP contribution in [-0.2, 0) is 4.74 Å². The molecule has 0 bridgehead atoms. The Morgan fingerprint density at radius 2 is 2.12 bits per heavy atom. The Bertz CT molecular complexity index is 400. The van der Waals surface area contributed by atoms with Crippen molar-refractivity contribution in [2.45, 2.75) is 24.7 Å². The molecule has 0 radical (unpaired) electrons. The second kappa shape index (κ2) is 5.44. The maximum absolute atomic E-state index is 6.04. The SMILES string of the molecule is CNC1CC(Oc2cc(Cl)ccc2Cl)C1OC. The number of halogens is 2.